The Hall–Kier alpha value is -1.12. The van der Waals surface area contributed by atoms with Gasteiger partial charge in [-0.2, -0.15) is 0 Å². The lowest BCUT2D eigenvalue weighted by Crippen LogP contribution is -2.18. The average molecular weight is 139 g/mol. The first-order valence-corrected chi connectivity index (χ1v) is 3.09. The predicted molar refractivity (Wildman–Crippen MR) is 38.0 cm³/mol. The molecule has 1 unspecified atom stereocenters. The van der Waals surface area contributed by atoms with Crippen molar-refractivity contribution in [3.8, 4) is 0 Å². The third-order valence-electron chi connectivity index (χ3n) is 1.34. The lowest BCUT2D eigenvalue weighted by atomic mass is 10.1. The van der Waals surface area contributed by atoms with Crippen LogP contribution < -0.4 is 0 Å². The Kier molecular flexibility index (Phi) is 2.20. The first-order valence-electron chi connectivity index (χ1n) is 3.09. The highest BCUT2D eigenvalue weighted by Crippen LogP contribution is 2.04. The van der Waals surface area contributed by atoms with Crippen LogP contribution >= 0.6 is 0 Å². The van der Waals surface area contributed by atoms with Crippen LogP contribution in [0.25, 0.3) is 0 Å². The second-order valence-corrected chi connectivity index (χ2v) is 2.03. The highest BCUT2D eigenvalue weighted by atomic mass is 16.5. The van der Waals surface area contributed by atoms with E-state index in [-0.39, 0.29) is 11.9 Å². The maximum atomic E-state index is 10.8. The number of methoxy groups -OCH3 is 1. The summed E-state index contributed by atoms with van der Waals surface area (Å²) in [5.74, 6) is -0.386. The Bertz CT molecular complexity index is 184. The second kappa shape index (κ2) is 3.15. The SMILES string of the molecule is COC(=O)C1C=CC=NC1. The minimum absolute atomic E-state index is 0.171. The van der Waals surface area contributed by atoms with Crippen molar-refractivity contribution >= 4 is 12.2 Å². The van der Waals surface area contributed by atoms with Crippen LogP contribution in [0.4, 0.5) is 0 Å². The molecular formula is C7H9NO2. The van der Waals surface area contributed by atoms with Crippen molar-refractivity contribution in [2.45, 2.75) is 0 Å². The largest absolute Gasteiger partial charge is 0.469 e. The molecule has 1 aliphatic heterocycles. The zero-order chi connectivity index (χ0) is 7.40. The van der Waals surface area contributed by atoms with E-state index >= 15 is 0 Å². The molecule has 1 rings (SSSR count). The Morgan fingerprint density at radius 3 is 3.10 bits per heavy atom. The topological polar surface area (TPSA) is 38.7 Å². The van der Waals surface area contributed by atoms with Crippen LogP contribution in [0.15, 0.2) is 17.1 Å². The molecule has 0 bridgehead atoms. The summed E-state index contributed by atoms with van der Waals surface area (Å²) in [5, 5.41) is 0. The van der Waals surface area contributed by atoms with E-state index in [0.29, 0.717) is 6.54 Å². The van der Waals surface area contributed by atoms with Crippen LogP contribution in [-0.4, -0.2) is 25.8 Å². The number of hydrogen-bond acceptors (Lipinski definition) is 3. The zero-order valence-electron chi connectivity index (χ0n) is 5.78. The van der Waals surface area contributed by atoms with E-state index in [1.165, 1.54) is 7.11 Å². The number of esters is 1. The van der Waals surface area contributed by atoms with Gasteiger partial charge in [0.2, 0.25) is 0 Å². The molecule has 1 heterocycles. The van der Waals surface area contributed by atoms with E-state index in [2.05, 4.69) is 9.73 Å². The molecule has 0 saturated heterocycles. The van der Waals surface area contributed by atoms with E-state index in [9.17, 15) is 4.79 Å². The minimum atomic E-state index is -0.215. The summed E-state index contributed by atoms with van der Waals surface area (Å²) in [7, 11) is 1.38. The molecule has 0 saturated carbocycles. The number of hydrogen-bond donors (Lipinski definition) is 0. The number of carbonyl (C=O) groups is 1. The summed E-state index contributed by atoms with van der Waals surface area (Å²) >= 11 is 0. The van der Waals surface area contributed by atoms with Gasteiger partial charge in [-0.3, -0.25) is 9.79 Å². The maximum absolute atomic E-state index is 10.8. The highest BCUT2D eigenvalue weighted by molar-refractivity contribution is 5.80. The van der Waals surface area contributed by atoms with Gasteiger partial charge < -0.3 is 4.74 Å². The Morgan fingerprint density at radius 1 is 1.80 bits per heavy atom. The predicted octanol–water partition coefficient (Wildman–Crippen LogP) is 0.416. The van der Waals surface area contributed by atoms with Gasteiger partial charge >= 0.3 is 5.97 Å². The summed E-state index contributed by atoms with van der Waals surface area (Å²) in [5.41, 5.74) is 0. The van der Waals surface area contributed by atoms with Crippen molar-refractivity contribution in [3.63, 3.8) is 0 Å². The zero-order valence-corrected chi connectivity index (χ0v) is 5.78. The normalized spacial score (nSPS) is 22.7. The number of aliphatic imine (C=N–C) groups is 1. The molecule has 0 aromatic carbocycles. The Morgan fingerprint density at radius 2 is 2.60 bits per heavy atom. The molecule has 0 amide bonds. The lowest BCUT2D eigenvalue weighted by Gasteiger charge is -2.08. The molecule has 3 nitrogen and oxygen atoms in total. The van der Waals surface area contributed by atoms with E-state index in [0.717, 1.165) is 0 Å². The van der Waals surface area contributed by atoms with E-state index in [1.54, 1.807) is 18.4 Å². The van der Waals surface area contributed by atoms with Gasteiger partial charge in [0.15, 0.2) is 0 Å². The molecule has 0 radical (unpaired) electrons. The van der Waals surface area contributed by atoms with Crippen LogP contribution in [0.5, 0.6) is 0 Å². The summed E-state index contributed by atoms with van der Waals surface area (Å²) in [6, 6.07) is 0. The van der Waals surface area contributed by atoms with Gasteiger partial charge in [-0.1, -0.05) is 6.08 Å². The lowest BCUT2D eigenvalue weighted by molar-refractivity contribution is -0.143. The van der Waals surface area contributed by atoms with Crippen LogP contribution in [0.2, 0.25) is 0 Å². The van der Waals surface area contributed by atoms with Gasteiger partial charge in [0.25, 0.3) is 0 Å². The fourth-order valence-electron chi connectivity index (χ4n) is 0.784. The summed E-state index contributed by atoms with van der Waals surface area (Å²) in [6.07, 6.45) is 5.23. The van der Waals surface area contributed by atoms with Crippen molar-refractivity contribution in [2.24, 2.45) is 10.9 Å². The third kappa shape index (κ3) is 1.43. The summed E-state index contributed by atoms with van der Waals surface area (Å²) in [6.45, 7) is 0.517. The highest BCUT2D eigenvalue weighted by Gasteiger charge is 2.15. The summed E-state index contributed by atoms with van der Waals surface area (Å²) in [4.78, 5) is 14.7. The smallest absolute Gasteiger partial charge is 0.314 e. The van der Waals surface area contributed by atoms with Gasteiger partial charge in [0.1, 0.15) is 0 Å². The third-order valence-corrected chi connectivity index (χ3v) is 1.34. The number of rotatable bonds is 1. The number of nitrogens with zero attached hydrogens (tertiary/aromatic N) is 1. The van der Waals surface area contributed by atoms with E-state index < -0.39 is 0 Å². The molecule has 0 fully saturated rings. The number of carbonyl (C=O) groups excluding carboxylic acids is 1. The molecule has 0 aromatic heterocycles. The first-order chi connectivity index (χ1) is 4.84. The second-order valence-electron chi connectivity index (χ2n) is 2.03. The number of allylic oxidation sites excluding steroid dienone is 1. The standard InChI is InChI=1S/C7H9NO2/c1-10-7(9)6-3-2-4-8-5-6/h2-4,6H,5H2,1H3. The molecule has 0 spiro atoms. The van der Waals surface area contributed by atoms with Crippen molar-refractivity contribution in [2.75, 3.05) is 13.7 Å². The Labute approximate surface area is 59.4 Å². The van der Waals surface area contributed by atoms with Crippen molar-refractivity contribution in [1.29, 1.82) is 0 Å². The van der Waals surface area contributed by atoms with E-state index in [4.69, 9.17) is 0 Å². The monoisotopic (exact) mass is 139 g/mol. The van der Waals surface area contributed by atoms with Gasteiger partial charge in [-0.25, -0.2) is 0 Å². The Balaban J connectivity index is 2.51. The van der Waals surface area contributed by atoms with Crippen LogP contribution in [0.1, 0.15) is 0 Å². The fourth-order valence-corrected chi connectivity index (χ4v) is 0.784. The van der Waals surface area contributed by atoms with Crippen LogP contribution in [-0.2, 0) is 9.53 Å². The van der Waals surface area contributed by atoms with Crippen molar-refractivity contribution in [3.05, 3.63) is 12.2 Å². The maximum Gasteiger partial charge on any atom is 0.314 e. The minimum Gasteiger partial charge on any atom is -0.469 e. The van der Waals surface area contributed by atoms with Crippen LogP contribution in [0, 0.1) is 5.92 Å². The molecule has 0 aromatic rings. The molecule has 0 aliphatic carbocycles. The number of dihydropyridines is 1. The molecule has 0 N–H and O–H groups in total. The van der Waals surface area contributed by atoms with E-state index in [1.807, 2.05) is 0 Å². The molecule has 10 heavy (non-hydrogen) atoms. The van der Waals surface area contributed by atoms with Gasteiger partial charge in [-0.05, 0) is 6.08 Å². The summed E-state index contributed by atoms with van der Waals surface area (Å²) < 4.78 is 4.53. The fraction of sp³-hybridized carbons (Fsp3) is 0.429. The molecule has 3 heteroatoms. The average Bonchev–Trinajstić information content (AvgIpc) is 2.05. The quantitative estimate of drug-likeness (QED) is 0.494. The van der Waals surface area contributed by atoms with Gasteiger partial charge in [0.05, 0.1) is 19.6 Å². The van der Waals surface area contributed by atoms with Crippen molar-refractivity contribution in [1.82, 2.24) is 0 Å². The number of ether oxygens (including phenoxy) is 1. The van der Waals surface area contributed by atoms with Crippen LogP contribution in [0.3, 0.4) is 0 Å². The molecule has 1 atom stereocenters. The van der Waals surface area contributed by atoms with Gasteiger partial charge in [0, 0.05) is 6.21 Å². The molecule has 1 aliphatic rings. The van der Waals surface area contributed by atoms with Gasteiger partial charge in [-0.15, -0.1) is 0 Å². The molecular weight excluding hydrogens is 130 g/mol. The molecule has 54 valence electrons. The first kappa shape index (κ1) is 6.99. The van der Waals surface area contributed by atoms with Crippen molar-refractivity contribution < 1.29 is 9.53 Å².